The summed E-state index contributed by atoms with van der Waals surface area (Å²) in [6, 6.07) is 37.9. The van der Waals surface area contributed by atoms with Crippen molar-refractivity contribution < 1.29 is 29.3 Å². The quantitative estimate of drug-likeness (QED) is 0.0625. The van der Waals surface area contributed by atoms with E-state index in [0.717, 1.165) is 33.2 Å². The largest absolute Gasteiger partial charge is 0.487 e. The third-order valence-electron chi connectivity index (χ3n) is 7.73. The van der Waals surface area contributed by atoms with Crippen molar-refractivity contribution in [3.8, 4) is 23.3 Å². The van der Waals surface area contributed by atoms with E-state index < -0.39 is 11.6 Å². The van der Waals surface area contributed by atoms with Crippen LogP contribution in [-0.2, 0) is 28.4 Å². The maximum atomic E-state index is 12.0. The smallest absolute Gasteiger partial charge is 0.353 e. The Hall–Kier alpha value is -6.24. The van der Waals surface area contributed by atoms with Gasteiger partial charge in [-0.05, 0) is 55.5 Å². The molecule has 0 radical (unpaired) electrons. The van der Waals surface area contributed by atoms with Crippen LogP contribution in [0.25, 0.3) is 21.8 Å². The molecule has 9 nitrogen and oxygen atoms in total. The molecule has 0 aliphatic rings. The molecular formula is C40H33N3O6. The van der Waals surface area contributed by atoms with Gasteiger partial charge in [-0.1, -0.05) is 89.8 Å². The highest BCUT2D eigenvalue weighted by Crippen LogP contribution is 2.32. The molecule has 2 aromatic heterocycles. The average molecular weight is 652 g/mol. The highest BCUT2D eigenvalue weighted by atomic mass is 16.6. The number of aliphatic carboxylic acids is 1. The number of oxime groups is 1. The summed E-state index contributed by atoms with van der Waals surface area (Å²) in [7, 11) is 0. The van der Waals surface area contributed by atoms with E-state index in [-0.39, 0.29) is 32.0 Å². The zero-order chi connectivity index (χ0) is 34.1. The summed E-state index contributed by atoms with van der Waals surface area (Å²) in [5, 5.41) is 26.7. The van der Waals surface area contributed by atoms with Gasteiger partial charge in [0.15, 0.2) is 11.3 Å². The van der Waals surface area contributed by atoms with Crippen LogP contribution in [0.2, 0.25) is 0 Å². The number of hydrogen-bond acceptors (Lipinski definition) is 8. The Balaban J connectivity index is 1.17. The zero-order valence-electron chi connectivity index (χ0n) is 26.7. The van der Waals surface area contributed by atoms with E-state index in [1.807, 2.05) is 72.8 Å². The molecule has 6 rings (SSSR count). The molecule has 0 aliphatic heterocycles. The molecule has 9 heteroatoms. The van der Waals surface area contributed by atoms with Gasteiger partial charge >= 0.3 is 5.97 Å². The van der Waals surface area contributed by atoms with Crippen LogP contribution < -0.4 is 9.47 Å². The van der Waals surface area contributed by atoms with Gasteiger partial charge in [-0.2, -0.15) is 0 Å². The third kappa shape index (κ3) is 8.19. The summed E-state index contributed by atoms with van der Waals surface area (Å²) in [6.07, 6.45) is 0.207. The fraction of sp³-hybridized carbons (Fsp3) is 0.150. The number of aliphatic hydroxyl groups is 1. The van der Waals surface area contributed by atoms with Crippen LogP contribution in [0, 0.1) is 11.8 Å². The van der Waals surface area contributed by atoms with Crippen LogP contribution in [0.1, 0.15) is 35.9 Å². The molecule has 0 amide bonds. The average Bonchev–Trinajstić information content (AvgIpc) is 3.14. The third-order valence-corrected chi connectivity index (χ3v) is 7.73. The molecule has 0 fully saturated rings. The maximum absolute atomic E-state index is 12.0. The van der Waals surface area contributed by atoms with Crippen LogP contribution in [0.3, 0.4) is 0 Å². The number of pyridine rings is 2. The number of carbonyl (C=O) groups is 1. The number of para-hydroxylation sites is 2. The van der Waals surface area contributed by atoms with Crippen molar-refractivity contribution in [2.75, 3.05) is 6.61 Å². The first-order valence-corrected chi connectivity index (χ1v) is 15.7. The Kier molecular flexibility index (Phi) is 10.1. The van der Waals surface area contributed by atoms with Gasteiger partial charge < -0.3 is 24.5 Å². The number of ether oxygens (including phenoxy) is 2. The van der Waals surface area contributed by atoms with E-state index in [2.05, 4.69) is 27.0 Å². The Bertz CT molecular complexity index is 2040. The Labute approximate surface area is 283 Å². The summed E-state index contributed by atoms with van der Waals surface area (Å²) in [5.74, 6) is 6.00. The van der Waals surface area contributed by atoms with Crippen molar-refractivity contribution >= 4 is 33.5 Å². The first-order valence-electron chi connectivity index (χ1n) is 15.7. The molecule has 0 atom stereocenters. The van der Waals surface area contributed by atoms with Gasteiger partial charge in [0.1, 0.15) is 31.3 Å². The topological polar surface area (TPSA) is 123 Å². The molecule has 6 aromatic rings. The summed E-state index contributed by atoms with van der Waals surface area (Å²) in [4.78, 5) is 25.3. The molecule has 0 saturated carbocycles. The van der Waals surface area contributed by atoms with E-state index in [4.69, 9.17) is 19.4 Å². The zero-order valence-corrected chi connectivity index (χ0v) is 26.7. The van der Waals surface area contributed by atoms with Crippen molar-refractivity contribution in [1.82, 2.24) is 9.97 Å². The molecule has 2 N–H and O–H groups in total. The van der Waals surface area contributed by atoms with Crippen molar-refractivity contribution in [3.63, 3.8) is 0 Å². The number of nitrogens with zero attached hydrogens (tertiary/aromatic N) is 3. The van der Waals surface area contributed by atoms with Gasteiger partial charge in [-0.15, -0.1) is 0 Å². The summed E-state index contributed by atoms with van der Waals surface area (Å²) < 4.78 is 12.0. The number of rotatable bonds is 12. The second kappa shape index (κ2) is 15.1. The molecule has 0 unspecified atom stereocenters. The fourth-order valence-corrected chi connectivity index (χ4v) is 5.06. The Morgan fingerprint density at radius 2 is 1.20 bits per heavy atom. The molecular weight excluding hydrogens is 618 g/mol. The molecule has 0 saturated heterocycles. The van der Waals surface area contributed by atoms with Crippen LogP contribution in [0.15, 0.2) is 126 Å². The Morgan fingerprint density at radius 1 is 0.714 bits per heavy atom. The van der Waals surface area contributed by atoms with E-state index in [1.54, 1.807) is 48.5 Å². The Morgan fingerprint density at radius 3 is 1.69 bits per heavy atom. The lowest BCUT2D eigenvalue weighted by Crippen LogP contribution is -2.25. The normalized spacial score (nSPS) is 11.5. The van der Waals surface area contributed by atoms with E-state index in [0.29, 0.717) is 22.6 Å². The molecule has 4 aromatic carbocycles. The highest BCUT2D eigenvalue weighted by Gasteiger charge is 2.29. The van der Waals surface area contributed by atoms with Crippen molar-refractivity contribution in [1.29, 1.82) is 0 Å². The number of benzene rings is 4. The maximum Gasteiger partial charge on any atom is 0.353 e. The van der Waals surface area contributed by atoms with E-state index in [9.17, 15) is 9.90 Å². The molecule has 49 heavy (non-hydrogen) atoms. The van der Waals surface area contributed by atoms with Gasteiger partial charge in [0, 0.05) is 28.3 Å². The molecule has 244 valence electrons. The second-order valence-corrected chi connectivity index (χ2v) is 11.2. The predicted octanol–water partition coefficient (Wildman–Crippen LogP) is 7.05. The summed E-state index contributed by atoms with van der Waals surface area (Å²) >= 11 is 0. The second-order valence-electron chi connectivity index (χ2n) is 11.2. The van der Waals surface area contributed by atoms with Gasteiger partial charge in [-0.3, -0.25) is 0 Å². The van der Waals surface area contributed by atoms with E-state index >= 15 is 0 Å². The number of aromatic nitrogens is 2. The highest BCUT2D eigenvalue weighted by molar-refractivity contribution is 6.34. The lowest BCUT2D eigenvalue weighted by Gasteiger charge is -2.24. The first kappa shape index (κ1) is 32.7. The first-order chi connectivity index (χ1) is 23.9. The minimum Gasteiger partial charge on any atom is -0.487 e. The van der Waals surface area contributed by atoms with Gasteiger partial charge in [0.25, 0.3) is 0 Å². The molecule has 0 bridgehead atoms. The number of fused-ring (bicyclic) bond motifs is 2. The monoisotopic (exact) mass is 651 g/mol. The summed E-state index contributed by atoms with van der Waals surface area (Å²) in [5.41, 5.74) is 2.62. The fourth-order valence-electron chi connectivity index (χ4n) is 5.06. The predicted molar refractivity (Wildman–Crippen MR) is 187 cm³/mol. The number of carboxylic acid groups (broad SMARTS) is 1. The SMILES string of the molecule is C/C(=N\OCCC#CC(O)(c1ccc(OCc2ccc3ccccc3n2)cc1)c1ccc(OCc2ccc3ccccc3n2)cc1)C(=O)O. The lowest BCUT2D eigenvalue weighted by molar-refractivity contribution is -0.129. The van der Waals surface area contributed by atoms with Crippen LogP contribution in [-0.4, -0.2) is 38.5 Å². The standard InChI is InChI=1S/C40H33N3O6/c1-28(39(44)45)43-49-25-7-6-24-40(46,31-14-20-35(21-15-31)47-26-33-18-12-29-8-2-4-10-37(29)41-33)32-16-22-36(23-17-32)48-27-34-19-13-30-9-3-5-11-38(30)42-34/h2-5,8-23,46H,7,25-27H2,1H3,(H,44,45)/b43-28+. The lowest BCUT2D eigenvalue weighted by atomic mass is 9.86. The van der Waals surface area contributed by atoms with Gasteiger partial charge in [-0.25, -0.2) is 14.8 Å². The van der Waals surface area contributed by atoms with Gasteiger partial charge in [0.2, 0.25) is 0 Å². The van der Waals surface area contributed by atoms with Crippen LogP contribution in [0.4, 0.5) is 0 Å². The number of hydrogen-bond donors (Lipinski definition) is 2. The molecule has 2 heterocycles. The molecule has 0 spiro atoms. The minimum atomic E-state index is -1.68. The molecule has 0 aliphatic carbocycles. The summed E-state index contributed by atoms with van der Waals surface area (Å²) in [6.45, 7) is 1.96. The number of carboxylic acids is 1. The van der Waals surface area contributed by atoms with Crippen LogP contribution in [0.5, 0.6) is 11.5 Å². The van der Waals surface area contributed by atoms with Crippen LogP contribution >= 0.6 is 0 Å². The van der Waals surface area contributed by atoms with Crippen molar-refractivity contribution in [2.24, 2.45) is 5.16 Å². The van der Waals surface area contributed by atoms with Crippen molar-refractivity contribution in [2.45, 2.75) is 32.2 Å². The van der Waals surface area contributed by atoms with Gasteiger partial charge in [0.05, 0.1) is 22.4 Å². The van der Waals surface area contributed by atoms with E-state index in [1.165, 1.54) is 6.92 Å². The minimum absolute atomic E-state index is 0.0544. The van der Waals surface area contributed by atoms with Crippen molar-refractivity contribution in [3.05, 3.63) is 144 Å².